The Morgan fingerprint density at radius 1 is 1.26 bits per heavy atom. The van der Waals surface area contributed by atoms with Crippen molar-refractivity contribution in [2.75, 3.05) is 13.1 Å². The number of aromatic amines is 2. The molecular weight excluding hydrogens is 392 g/mol. The van der Waals surface area contributed by atoms with Gasteiger partial charge in [-0.1, -0.05) is 0 Å². The molecule has 31 heavy (non-hydrogen) atoms. The summed E-state index contributed by atoms with van der Waals surface area (Å²) in [7, 11) is 0. The molecule has 0 aromatic carbocycles. The second kappa shape index (κ2) is 8.09. The molecule has 8 heteroatoms. The fourth-order valence-corrected chi connectivity index (χ4v) is 5.05. The zero-order valence-corrected chi connectivity index (χ0v) is 17.4. The van der Waals surface area contributed by atoms with Gasteiger partial charge < -0.3 is 9.88 Å². The van der Waals surface area contributed by atoms with E-state index in [1.807, 2.05) is 23.2 Å². The number of nitrogens with zero attached hydrogens (tertiary/aromatic N) is 4. The molecule has 2 N–H and O–H groups in total. The van der Waals surface area contributed by atoms with Crippen molar-refractivity contribution in [3.8, 4) is 11.4 Å². The third-order valence-electron chi connectivity index (χ3n) is 6.65. The summed E-state index contributed by atoms with van der Waals surface area (Å²) in [5.41, 5.74) is 3.29. The van der Waals surface area contributed by atoms with Crippen LogP contribution in [0.1, 0.15) is 48.9 Å². The second-order valence-electron chi connectivity index (χ2n) is 8.64. The fraction of sp³-hybridized carbons (Fsp3) is 0.435. The first-order valence-electron chi connectivity index (χ1n) is 10.9. The van der Waals surface area contributed by atoms with Crippen LogP contribution < -0.4 is 5.56 Å². The molecule has 5 rings (SSSR count). The number of amides is 1. The molecule has 0 saturated carbocycles. The van der Waals surface area contributed by atoms with Crippen molar-refractivity contribution >= 4 is 5.91 Å². The van der Waals surface area contributed by atoms with E-state index in [1.165, 1.54) is 0 Å². The number of hydrogen-bond donors (Lipinski definition) is 2. The highest BCUT2D eigenvalue weighted by Gasteiger charge is 2.45. The van der Waals surface area contributed by atoms with E-state index in [-0.39, 0.29) is 16.9 Å². The number of hydrogen-bond acceptors (Lipinski definition) is 5. The Kier molecular flexibility index (Phi) is 5.13. The highest BCUT2D eigenvalue weighted by Crippen LogP contribution is 2.43. The Hall–Kier alpha value is -3.29. The third-order valence-corrected chi connectivity index (χ3v) is 6.65. The van der Waals surface area contributed by atoms with E-state index in [1.54, 1.807) is 18.6 Å². The van der Waals surface area contributed by atoms with Gasteiger partial charge in [0.25, 0.3) is 5.56 Å². The van der Waals surface area contributed by atoms with Crippen LogP contribution in [0, 0.1) is 0 Å². The summed E-state index contributed by atoms with van der Waals surface area (Å²) in [5, 5.41) is 6.77. The molecule has 0 bridgehead atoms. The minimum absolute atomic E-state index is 0.0655. The van der Waals surface area contributed by atoms with Gasteiger partial charge >= 0.3 is 0 Å². The average molecular weight is 419 g/mol. The number of aryl methyl sites for hydroxylation is 1. The quantitative estimate of drug-likeness (QED) is 0.661. The van der Waals surface area contributed by atoms with Crippen molar-refractivity contribution in [3.63, 3.8) is 0 Å². The summed E-state index contributed by atoms with van der Waals surface area (Å²) in [6.07, 6.45) is 12.7. The van der Waals surface area contributed by atoms with Crippen LogP contribution in [0.15, 0.2) is 41.7 Å². The molecule has 1 aliphatic carbocycles. The molecule has 2 aliphatic rings. The number of rotatable bonds is 5. The third kappa shape index (κ3) is 3.78. The van der Waals surface area contributed by atoms with Crippen molar-refractivity contribution in [2.45, 2.75) is 50.4 Å². The van der Waals surface area contributed by atoms with Gasteiger partial charge in [0.15, 0.2) is 0 Å². The molecule has 8 nitrogen and oxygen atoms in total. The van der Waals surface area contributed by atoms with Gasteiger partial charge in [-0.3, -0.25) is 19.7 Å². The summed E-state index contributed by atoms with van der Waals surface area (Å²) in [5.74, 6) is 0.745. The van der Waals surface area contributed by atoms with Crippen LogP contribution in [-0.4, -0.2) is 49.0 Å². The summed E-state index contributed by atoms with van der Waals surface area (Å²) in [6, 6.07) is 3.74. The van der Waals surface area contributed by atoms with Crippen molar-refractivity contribution < 1.29 is 4.79 Å². The predicted molar refractivity (Wildman–Crippen MR) is 115 cm³/mol. The Labute approximate surface area is 180 Å². The van der Waals surface area contributed by atoms with Crippen molar-refractivity contribution in [2.24, 2.45) is 0 Å². The molecule has 1 aliphatic heterocycles. The summed E-state index contributed by atoms with van der Waals surface area (Å²) in [4.78, 5) is 39.7. The number of piperidine rings is 1. The standard InChI is InChI=1S/C23H26N6O2/c30-19(6-1-4-16-12-25-26-13-16)29-11-3-8-23(15-29)9-7-18-20(23)27-21(28-22(18)31)17-5-2-10-24-14-17/h2,5,10,12-14H,1,3-4,6-9,11,15H2,(H,25,26)(H,27,28,31). The van der Waals surface area contributed by atoms with Crippen LogP contribution in [-0.2, 0) is 23.1 Å². The number of fused-ring (bicyclic) bond motifs is 2. The van der Waals surface area contributed by atoms with E-state index >= 15 is 0 Å². The Morgan fingerprint density at radius 3 is 3.00 bits per heavy atom. The van der Waals surface area contributed by atoms with Crippen molar-refractivity contribution in [1.82, 2.24) is 30.0 Å². The maximum absolute atomic E-state index is 12.9. The Morgan fingerprint density at radius 2 is 2.19 bits per heavy atom. The molecule has 0 radical (unpaired) electrons. The Bertz CT molecular complexity index is 1120. The summed E-state index contributed by atoms with van der Waals surface area (Å²) < 4.78 is 0. The van der Waals surface area contributed by atoms with E-state index in [0.717, 1.165) is 61.0 Å². The lowest BCUT2D eigenvalue weighted by molar-refractivity contribution is -0.133. The first-order valence-corrected chi connectivity index (χ1v) is 10.9. The number of H-pyrrole nitrogens is 2. The predicted octanol–water partition coefficient (Wildman–Crippen LogP) is 2.38. The topological polar surface area (TPSA) is 108 Å². The number of nitrogens with one attached hydrogen (secondary N) is 2. The molecule has 1 unspecified atom stereocenters. The molecule has 1 spiro atoms. The van der Waals surface area contributed by atoms with E-state index in [9.17, 15) is 9.59 Å². The van der Waals surface area contributed by atoms with E-state index < -0.39 is 0 Å². The molecule has 1 fully saturated rings. The SMILES string of the molecule is O=C(CCCc1cn[nH]c1)N1CCCC2(CCc3c2nc(-c2cccnc2)[nH]c3=O)C1. The van der Waals surface area contributed by atoms with Crippen LogP contribution in [0.3, 0.4) is 0 Å². The lowest BCUT2D eigenvalue weighted by Crippen LogP contribution is -2.48. The van der Waals surface area contributed by atoms with Gasteiger partial charge in [0.2, 0.25) is 5.91 Å². The van der Waals surface area contributed by atoms with E-state index in [2.05, 4.69) is 20.2 Å². The number of carbonyl (C=O) groups excluding carboxylic acids is 1. The minimum atomic E-state index is -0.223. The molecule has 1 amide bonds. The first-order chi connectivity index (χ1) is 15.1. The van der Waals surface area contributed by atoms with Crippen LogP contribution in [0.5, 0.6) is 0 Å². The summed E-state index contributed by atoms with van der Waals surface area (Å²) in [6.45, 7) is 1.42. The van der Waals surface area contributed by atoms with Gasteiger partial charge in [0, 0.05) is 54.6 Å². The van der Waals surface area contributed by atoms with Crippen LogP contribution >= 0.6 is 0 Å². The molecule has 3 aromatic rings. The van der Waals surface area contributed by atoms with E-state index in [0.29, 0.717) is 25.2 Å². The van der Waals surface area contributed by atoms with Gasteiger partial charge in [0.1, 0.15) is 5.82 Å². The first kappa shape index (κ1) is 19.7. The van der Waals surface area contributed by atoms with E-state index in [4.69, 9.17) is 4.98 Å². The lowest BCUT2D eigenvalue weighted by Gasteiger charge is -2.40. The molecule has 1 atom stereocenters. The average Bonchev–Trinajstić information content (AvgIpc) is 3.43. The number of aromatic nitrogens is 5. The number of carbonyl (C=O) groups is 1. The summed E-state index contributed by atoms with van der Waals surface area (Å²) >= 11 is 0. The number of pyridine rings is 1. The fourth-order valence-electron chi connectivity index (χ4n) is 5.05. The highest BCUT2D eigenvalue weighted by molar-refractivity contribution is 5.76. The van der Waals surface area contributed by atoms with Crippen LogP contribution in [0.4, 0.5) is 0 Å². The van der Waals surface area contributed by atoms with Gasteiger partial charge in [-0.2, -0.15) is 5.10 Å². The normalized spacial score (nSPS) is 20.2. The van der Waals surface area contributed by atoms with Gasteiger partial charge in [-0.05, 0) is 56.2 Å². The van der Waals surface area contributed by atoms with Crippen molar-refractivity contribution in [1.29, 1.82) is 0 Å². The maximum atomic E-state index is 12.9. The molecular formula is C23H26N6O2. The van der Waals surface area contributed by atoms with Crippen molar-refractivity contribution in [3.05, 3.63) is 64.1 Å². The smallest absolute Gasteiger partial charge is 0.254 e. The van der Waals surface area contributed by atoms with Gasteiger partial charge in [-0.15, -0.1) is 0 Å². The maximum Gasteiger partial charge on any atom is 0.254 e. The molecule has 4 heterocycles. The van der Waals surface area contributed by atoms with Gasteiger partial charge in [0.05, 0.1) is 11.9 Å². The zero-order chi connectivity index (χ0) is 21.3. The molecule has 1 saturated heterocycles. The second-order valence-corrected chi connectivity index (χ2v) is 8.64. The highest BCUT2D eigenvalue weighted by atomic mass is 16.2. The van der Waals surface area contributed by atoms with Gasteiger partial charge in [-0.25, -0.2) is 4.98 Å². The monoisotopic (exact) mass is 418 g/mol. The molecule has 160 valence electrons. The largest absolute Gasteiger partial charge is 0.342 e. The lowest BCUT2D eigenvalue weighted by atomic mass is 9.77. The number of likely N-dealkylation sites (tertiary alicyclic amines) is 1. The van der Waals surface area contributed by atoms with Crippen LogP contribution in [0.2, 0.25) is 0 Å². The zero-order valence-electron chi connectivity index (χ0n) is 17.4. The minimum Gasteiger partial charge on any atom is -0.342 e. The van der Waals surface area contributed by atoms with Crippen LogP contribution in [0.25, 0.3) is 11.4 Å². The molecule has 3 aromatic heterocycles. The Balaban J connectivity index is 1.35.